The van der Waals surface area contributed by atoms with Gasteiger partial charge in [0, 0.05) is 17.7 Å². The molecule has 0 atom stereocenters. The van der Waals surface area contributed by atoms with Gasteiger partial charge in [0.1, 0.15) is 5.82 Å². The van der Waals surface area contributed by atoms with Crippen LogP contribution in [0.4, 0.5) is 0 Å². The predicted octanol–water partition coefficient (Wildman–Crippen LogP) is 1.67. The molecular formula is C10H11N3O. The number of carbonyl (C=O) groups is 1. The molecule has 0 bridgehead atoms. The quantitative estimate of drug-likeness (QED) is 0.675. The monoisotopic (exact) mass is 189 g/mol. The number of hydrogen-bond donors (Lipinski definition) is 0. The van der Waals surface area contributed by atoms with E-state index < -0.39 is 0 Å². The topological polar surface area (TPSA) is 47.3 Å². The molecule has 0 unspecified atom stereocenters. The first-order valence-electron chi connectivity index (χ1n) is 4.52. The van der Waals surface area contributed by atoms with E-state index in [0.29, 0.717) is 11.5 Å². The lowest BCUT2D eigenvalue weighted by Crippen LogP contribution is -1.97. The Morgan fingerprint density at radius 3 is 2.79 bits per heavy atom. The SMILES string of the molecule is CC(C)c1nnc2ccc(C=O)cn12. The van der Waals surface area contributed by atoms with Gasteiger partial charge in [0.15, 0.2) is 11.9 Å². The molecule has 0 aliphatic rings. The number of rotatable bonds is 2. The maximum Gasteiger partial charge on any atom is 0.160 e. The fourth-order valence-corrected chi connectivity index (χ4v) is 1.39. The summed E-state index contributed by atoms with van der Waals surface area (Å²) in [4.78, 5) is 10.6. The number of aldehydes is 1. The van der Waals surface area contributed by atoms with Crippen LogP contribution in [-0.4, -0.2) is 20.9 Å². The first-order valence-corrected chi connectivity index (χ1v) is 4.52. The lowest BCUT2D eigenvalue weighted by Gasteiger charge is -2.02. The van der Waals surface area contributed by atoms with Crippen LogP contribution in [0.25, 0.3) is 5.65 Å². The maximum atomic E-state index is 10.6. The van der Waals surface area contributed by atoms with Crippen LogP contribution in [-0.2, 0) is 0 Å². The third-order valence-corrected chi connectivity index (χ3v) is 2.10. The summed E-state index contributed by atoms with van der Waals surface area (Å²) in [6.45, 7) is 4.09. The van der Waals surface area contributed by atoms with E-state index in [1.165, 1.54) is 0 Å². The Morgan fingerprint density at radius 2 is 2.14 bits per heavy atom. The van der Waals surface area contributed by atoms with Gasteiger partial charge in [0.2, 0.25) is 0 Å². The first-order chi connectivity index (χ1) is 6.72. The summed E-state index contributed by atoms with van der Waals surface area (Å²) in [7, 11) is 0. The van der Waals surface area contributed by atoms with Crippen molar-refractivity contribution >= 4 is 11.9 Å². The van der Waals surface area contributed by atoms with Crippen molar-refractivity contribution in [1.82, 2.24) is 14.6 Å². The highest BCUT2D eigenvalue weighted by atomic mass is 16.1. The second-order valence-corrected chi connectivity index (χ2v) is 3.52. The van der Waals surface area contributed by atoms with Crippen molar-refractivity contribution in [2.45, 2.75) is 19.8 Å². The van der Waals surface area contributed by atoms with Crippen LogP contribution in [0.3, 0.4) is 0 Å². The molecule has 0 saturated carbocycles. The van der Waals surface area contributed by atoms with E-state index >= 15 is 0 Å². The maximum absolute atomic E-state index is 10.6. The average Bonchev–Trinajstić information content (AvgIpc) is 2.59. The molecule has 0 aliphatic heterocycles. The number of nitrogens with zero attached hydrogens (tertiary/aromatic N) is 3. The summed E-state index contributed by atoms with van der Waals surface area (Å²) in [5, 5.41) is 8.08. The van der Waals surface area contributed by atoms with E-state index in [1.807, 2.05) is 18.2 Å². The fraction of sp³-hybridized carbons (Fsp3) is 0.300. The number of carbonyl (C=O) groups excluding carboxylic acids is 1. The fourth-order valence-electron chi connectivity index (χ4n) is 1.39. The summed E-state index contributed by atoms with van der Waals surface area (Å²) in [6.07, 6.45) is 2.58. The summed E-state index contributed by atoms with van der Waals surface area (Å²) in [5.74, 6) is 1.18. The van der Waals surface area contributed by atoms with Gasteiger partial charge in [0.05, 0.1) is 0 Å². The minimum atomic E-state index is 0.298. The van der Waals surface area contributed by atoms with E-state index in [9.17, 15) is 4.79 Å². The van der Waals surface area contributed by atoms with Gasteiger partial charge in [-0.1, -0.05) is 13.8 Å². The first kappa shape index (κ1) is 8.87. The Labute approximate surface area is 81.6 Å². The summed E-state index contributed by atoms with van der Waals surface area (Å²) < 4.78 is 1.86. The normalized spacial score (nSPS) is 11.1. The molecule has 2 aromatic heterocycles. The van der Waals surface area contributed by atoms with Crippen molar-refractivity contribution in [3.63, 3.8) is 0 Å². The number of aromatic nitrogens is 3. The van der Waals surface area contributed by atoms with Gasteiger partial charge in [0.25, 0.3) is 0 Å². The van der Waals surface area contributed by atoms with Crippen LogP contribution >= 0.6 is 0 Å². The largest absolute Gasteiger partial charge is 0.298 e. The van der Waals surface area contributed by atoms with Gasteiger partial charge in [-0.05, 0) is 12.1 Å². The molecule has 0 amide bonds. The van der Waals surface area contributed by atoms with Crippen molar-refractivity contribution in [2.75, 3.05) is 0 Å². The lowest BCUT2D eigenvalue weighted by atomic mass is 10.2. The minimum Gasteiger partial charge on any atom is -0.298 e. The predicted molar refractivity (Wildman–Crippen MR) is 52.5 cm³/mol. The highest BCUT2D eigenvalue weighted by Gasteiger charge is 2.08. The molecule has 0 N–H and O–H groups in total. The van der Waals surface area contributed by atoms with Crippen LogP contribution in [0.5, 0.6) is 0 Å². The van der Waals surface area contributed by atoms with Crippen molar-refractivity contribution in [1.29, 1.82) is 0 Å². The molecule has 0 spiro atoms. The van der Waals surface area contributed by atoms with Crippen LogP contribution in [0.15, 0.2) is 18.3 Å². The van der Waals surface area contributed by atoms with E-state index in [2.05, 4.69) is 10.2 Å². The summed E-state index contributed by atoms with van der Waals surface area (Å²) in [6, 6.07) is 3.53. The average molecular weight is 189 g/mol. The second kappa shape index (κ2) is 3.21. The van der Waals surface area contributed by atoms with Gasteiger partial charge in [-0.15, -0.1) is 10.2 Å². The molecule has 4 nitrogen and oxygen atoms in total. The Balaban J connectivity index is 2.69. The van der Waals surface area contributed by atoms with E-state index in [1.54, 1.807) is 18.3 Å². The molecule has 2 heterocycles. The van der Waals surface area contributed by atoms with Gasteiger partial charge in [-0.25, -0.2) is 0 Å². The zero-order valence-electron chi connectivity index (χ0n) is 8.14. The molecule has 2 aromatic rings. The third-order valence-electron chi connectivity index (χ3n) is 2.10. The van der Waals surface area contributed by atoms with Crippen LogP contribution in [0, 0.1) is 0 Å². The summed E-state index contributed by atoms with van der Waals surface area (Å²) in [5.41, 5.74) is 1.42. The summed E-state index contributed by atoms with van der Waals surface area (Å²) >= 11 is 0. The molecule has 0 saturated heterocycles. The molecule has 0 aliphatic carbocycles. The van der Waals surface area contributed by atoms with Crippen molar-refractivity contribution in [3.05, 3.63) is 29.7 Å². The second-order valence-electron chi connectivity index (χ2n) is 3.52. The van der Waals surface area contributed by atoms with Gasteiger partial charge in [-0.2, -0.15) is 0 Å². The van der Waals surface area contributed by atoms with Crippen molar-refractivity contribution < 1.29 is 4.79 Å². The van der Waals surface area contributed by atoms with Gasteiger partial charge >= 0.3 is 0 Å². The number of hydrogen-bond acceptors (Lipinski definition) is 3. The van der Waals surface area contributed by atoms with E-state index in [4.69, 9.17) is 0 Å². The molecule has 4 heteroatoms. The zero-order valence-corrected chi connectivity index (χ0v) is 8.14. The molecule has 14 heavy (non-hydrogen) atoms. The number of fused-ring (bicyclic) bond motifs is 1. The third kappa shape index (κ3) is 1.28. The van der Waals surface area contributed by atoms with Gasteiger partial charge < -0.3 is 0 Å². The molecule has 0 radical (unpaired) electrons. The van der Waals surface area contributed by atoms with E-state index in [-0.39, 0.29) is 0 Å². The Hall–Kier alpha value is -1.71. The standard InChI is InChI=1S/C10H11N3O/c1-7(2)10-12-11-9-4-3-8(6-14)5-13(9)10/h3-7H,1-2H3. The highest BCUT2D eigenvalue weighted by molar-refractivity contribution is 5.74. The van der Waals surface area contributed by atoms with Crippen LogP contribution in [0.2, 0.25) is 0 Å². The Morgan fingerprint density at radius 1 is 1.36 bits per heavy atom. The van der Waals surface area contributed by atoms with Crippen molar-refractivity contribution in [2.24, 2.45) is 0 Å². The smallest absolute Gasteiger partial charge is 0.160 e. The molecule has 72 valence electrons. The molecular weight excluding hydrogens is 178 g/mol. The van der Waals surface area contributed by atoms with Crippen LogP contribution < -0.4 is 0 Å². The molecule has 0 fully saturated rings. The molecule has 0 aromatic carbocycles. The van der Waals surface area contributed by atoms with Crippen molar-refractivity contribution in [3.8, 4) is 0 Å². The van der Waals surface area contributed by atoms with Crippen LogP contribution in [0.1, 0.15) is 35.9 Å². The lowest BCUT2D eigenvalue weighted by molar-refractivity contribution is 0.112. The Kier molecular flexibility index (Phi) is 2.04. The van der Waals surface area contributed by atoms with Gasteiger partial charge in [-0.3, -0.25) is 9.20 Å². The van der Waals surface area contributed by atoms with E-state index in [0.717, 1.165) is 17.8 Å². The number of pyridine rings is 1. The highest BCUT2D eigenvalue weighted by Crippen LogP contribution is 2.13. The zero-order chi connectivity index (χ0) is 10.1. The molecule has 2 rings (SSSR count). The Bertz CT molecular complexity index is 473. The minimum absolute atomic E-state index is 0.298.